The van der Waals surface area contributed by atoms with E-state index in [-0.39, 0.29) is 41.2 Å². The lowest BCUT2D eigenvalue weighted by atomic mass is 9.45. The number of carbonyl (C=O) groups excluding carboxylic acids is 1. The summed E-state index contributed by atoms with van der Waals surface area (Å²) in [5, 5.41) is 30.7. The largest absolute Gasteiger partial charge is 0.507 e. The molecule has 4 aliphatic carbocycles. The van der Waals surface area contributed by atoms with Gasteiger partial charge in [0, 0.05) is 11.8 Å². The highest BCUT2D eigenvalue weighted by Gasteiger charge is 2.72. The molecule has 28 heavy (non-hydrogen) atoms. The van der Waals surface area contributed by atoms with Crippen molar-refractivity contribution in [1.29, 1.82) is 0 Å². The zero-order valence-electron chi connectivity index (χ0n) is 16.2. The van der Waals surface area contributed by atoms with Gasteiger partial charge in [0.15, 0.2) is 10.8 Å². The van der Waals surface area contributed by atoms with Crippen LogP contribution < -0.4 is 0 Å². The number of allylic oxidation sites excluding steroid dienone is 2. The highest BCUT2D eigenvalue weighted by molar-refractivity contribution is 7.80. The molecule has 4 aliphatic rings. The molecule has 3 N–H and O–H groups in total. The van der Waals surface area contributed by atoms with Gasteiger partial charge in [0.25, 0.3) is 0 Å². The van der Waals surface area contributed by atoms with E-state index in [0.29, 0.717) is 12.8 Å². The van der Waals surface area contributed by atoms with Crippen molar-refractivity contribution >= 4 is 23.1 Å². The van der Waals surface area contributed by atoms with Gasteiger partial charge in [-0.05, 0) is 73.7 Å². The number of aliphatic hydroxyl groups excluding tert-OH is 3. The van der Waals surface area contributed by atoms with E-state index >= 15 is 8.78 Å². The molecule has 0 spiro atoms. The van der Waals surface area contributed by atoms with Gasteiger partial charge in [0.2, 0.25) is 11.5 Å². The Morgan fingerprint density at radius 3 is 2.46 bits per heavy atom. The fourth-order valence-electron chi connectivity index (χ4n) is 7.14. The Hall–Kier alpha value is -1.50. The molecule has 0 saturated heterocycles. The van der Waals surface area contributed by atoms with Gasteiger partial charge < -0.3 is 15.3 Å². The first kappa shape index (κ1) is 19.8. The van der Waals surface area contributed by atoms with Gasteiger partial charge in [-0.1, -0.05) is 13.8 Å². The number of hydrogen-bond acceptors (Lipinski definition) is 4. The van der Waals surface area contributed by atoms with Crippen LogP contribution in [0.5, 0.6) is 0 Å². The Morgan fingerprint density at radius 1 is 1.21 bits per heavy atom. The molecule has 8 atom stereocenters. The molecule has 0 amide bonds. The van der Waals surface area contributed by atoms with E-state index in [4.69, 9.17) is 12.2 Å². The number of alkyl halides is 2. The van der Waals surface area contributed by atoms with Crippen LogP contribution in [0.3, 0.4) is 0 Å². The Morgan fingerprint density at radius 2 is 1.86 bits per heavy atom. The van der Waals surface area contributed by atoms with E-state index in [2.05, 4.69) is 0 Å². The molecule has 0 aromatic rings. The Labute approximate surface area is 168 Å². The molecule has 4 rings (SSSR count). The molecule has 4 nitrogen and oxygen atoms in total. The average molecular weight is 412 g/mol. The van der Waals surface area contributed by atoms with Crippen molar-refractivity contribution in [3.8, 4) is 0 Å². The maximum atomic E-state index is 16.8. The minimum Gasteiger partial charge on any atom is -0.507 e. The van der Waals surface area contributed by atoms with Crippen LogP contribution in [0, 0.1) is 34.5 Å². The van der Waals surface area contributed by atoms with Crippen molar-refractivity contribution in [2.75, 3.05) is 0 Å². The van der Waals surface area contributed by atoms with E-state index in [1.165, 1.54) is 6.92 Å². The summed E-state index contributed by atoms with van der Waals surface area (Å²) < 4.78 is 32.0. The number of rotatable bonds is 1. The zero-order valence-corrected chi connectivity index (χ0v) is 17.0. The molecule has 7 heteroatoms. The number of fused-ring (bicyclic) bond motifs is 5. The normalized spacial score (nSPS) is 50.5. The van der Waals surface area contributed by atoms with Crippen molar-refractivity contribution in [3.63, 3.8) is 0 Å². The maximum Gasteiger partial charge on any atom is 0.223 e. The predicted molar refractivity (Wildman–Crippen MR) is 104 cm³/mol. The summed E-state index contributed by atoms with van der Waals surface area (Å²) in [4.78, 5) is 11.9. The second kappa shape index (κ2) is 5.77. The summed E-state index contributed by atoms with van der Waals surface area (Å²) in [6, 6.07) is 0. The van der Waals surface area contributed by atoms with E-state index < -0.39 is 45.9 Å². The summed E-state index contributed by atoms with van der Waals surface area (Å²) in [5.41, 5.74) is -4.32. The maximum absolute atomic E-state index is 16.8. The van der Waals surface area contributed by atoms with E-state index in [1.54, 1.807) is 0 Å². The Bertz CT molecular complexity index is 838. The first-order valence-corrected chi connectivity index (χ1v) is 10.2. The third kappa shape index (κ3) is 2.09. The summed E-state index contributed by atoms with van der Waals surface area (Å²) in [5.74, 6) is -3.72. The number of ketones is 1. The summed E-state index contributed by atoms with van der Waals surface area (Å²) >= 11 is 5.09. The predicted octanol–water partition coefficient (Wildman–Crippen LogP) is 4.85. The number of carbonyl (C=O) groups is 1. The quantitative estimate of drug-likeness (QED) is 0.537. The smallest absolute Gasteiger partial charge is 0.223 e. The van der Waals surface area contributed by atoms with E-state index in [9.17, 15) is 20.1 Å². The average Bonchev–Trinajstić information content (AvgIpc) is 2.88. The summed E-state index contributed by atoms with van der Waals surface area (Å²) in [7, 11) is 0. The van der Waals surface area contributed by atoms with Crippen LogP contribution in [-0.4, -0.2) is 38.0 Å². The van der Waals surface area contributed by atoms with Gasteiger partial charge >= 0.3 is 0 Å². The van der Waals surface area contributed by atoms with Crippen LogP contribution in [0.2, 0.25) is 0 Å². The van der Waals surface area contributed by atoms with Gasteiger partial charge in [0.1, 0.15) is 11.8 Å². The molecule has 0 bridgehead atoms. The van der Waals surface area contributed by atoms with Crippen LogP contribution >= 0.6 is 12.2 Å². The molecule has 0 unspecified atom stereocenters. The fraction of sp³-hybridized carbons (Fsp3) is 0.714. The standard InChI is InChI=1S/C21H26F2O4S/c1-9-6-10-11-7-13(22)12-8-14(24)16(25)17(26)20(12,3)21(11,23)5-4-19(10,2)15(9)18(27)28/h8-11,13,15,25-26H,4-7H2,1-3H3,(H,27,28)/t9-,10+,11+,13+,15-,19+,20-,21-/m1/s1. The van der Waals surface area contributed by atoms with Crippen molar-refractivity contribution in [2.45, 2.75) is 58.3 Å². The number of thiocarbonyl (C=S) groups is 1. The van der Waals surface area contributed by atoms with Crippen molar-refractivity contribution in [3.05, 3.63) is 23.2 Å². The third-order valence-corrected chi connectivity index (χ3v) is 8.80. The van der Waals surface area contributed by atoms with Crippen molar-refractivity contribution < 1.29 is 28.9 Å². The highest BCUT2D eigenvalue weighted by Crippen LogP contribution is 2.71. The van der Waals surface area contributed by atoms with Crippen LogP contribution in [0.15, 0.2) is 23.2 Å². The molecule has 0 heterocycles. The highest BCUT2D eigenvalue weighted by atomic mass is 32.1. The second-order valence-corrected chi connectivity index (χ2v) is 10.0. The summed E-state index contributed by atoms with van der Waals surface area (Å²) in [6.45, 7) is 5.36. The molecule has 3 fully saturated rings. The second-order valence-electron chi connectivity index (χ2n) is 9.60. The van der Waals surface area contributed by atoms with Crippen LogP contribution in [0.4, 0.5) is 8.78 Å². The molecule has 0 aliphatic heterocycles. The van der Waals surface area contributed by atoms with Crippen molar-refractivity contribution in [1.82, 2.24) is 0 Å². The first-order valence-electron chi connectivity index (χ1n) is 9.84. The number of halogens is 2. The Kier molecular flexibility index (Phi) is 4.08. The monoisotopic (exact) mass is 412 g/mol. The van der Waals surface area contributed by atoms with Crippen molar-refractivity contribution in [2.24, 2.45) is 34.5 Å². The molecule has 3 saturated carbocycles. The topological polar surface area (TPSA) is 77.8 Å². The first-order chi connectivity index (χ1) is 12.9. The lowest BCUT2D eigenvalue weighted by molar-refractivity contribution is -0.148. The van der Waals surface area contributed by atoms with Gasteiger partial charge in [-0.15, -0.1) is 0 Å². The minimum absolute atomic E-state index is 0.0303. The van der Waals surface area contributed by atoms with Crippen LogP contribution in [-0.2, 0) is 4.79 Å². The number of aliphatic hydroxyl groups is 3. The van der Waals surface area contributed by atoms with Crippen LogP contribution in [0.1, 0.15) is 46.5 Å². The molecule has 154 valence electrons. The van der Waals surface area contributed by atoms with E-state index in [0.717, 1.165) is 6.08 Å². The van der Waals surface area contributed by atoms with Gasteiger partial charge in [-0.25, -0.2) is 8.78 Å². The molecular formula is C21H26F2O4S. The van der Waals surface area contributed by atoms with Gasteiger partial charge in [-0.2, -0.15) is 0 Å². The molecule has 0 radical (unpaired) electrons. The lowest BCUT2D eigenvalue weighted by Crippen LogP contribution is -2.63. The lowest BCUT2D eigenvalue weighted by Gasteiger charge is -2.60. The SMILES string of the molecule is C[C@@H]1C[C@H]2[C@@H]3C[C@H](F)C4=CC(=O)C(O)=C(O)[C@]4(C)[C@@]3(F)CC[C@]2(C)[C@H]1C(O)=S. The van der Waals surface area contributed by atoms with Gasteiger partial charge in [-0.3, -0.25) is 4.79 Å². The molecule has 0 aromatic carbocycles. The fourth-order valence-corrected chi connectivity index (χ4v) is 7.64. The van der Waals surface area contributed by atoms with E-state index in [1.807, 2.05) is 13.8 Å². The molecule has 0 aromatic heterocycles. The van der Waals surface area contributed by atoms with Gasteiger partial charge in [0.05, 0.1) is 5.41 Å². The zero-order chi connectivity index (χ0) is 20.8. The summed E-state index contributed by atoms with van der Waals surface area (Å²) in [6.07, 6.45) is 0.335. The minimum atomic E-state index is -2.00. The Balaban J connectivity index is 1.86. The number of hydrogen-bond donors (Lipinski definition) is 3. The molecular weight excluding hydrogens is 386 g/mol. The third-order valence-electron chi connectivity index (χ3n) is 8.54. The van der Waals surface area contributed by atoms with Crippen LogP contribution in [0.25, 0.3) is 0 Å².